The molecule has 4 rings (SSSR count). The Morgan fingerprint density at radius 2 is 1.92 bits per heavy atom. The molecule has 1 fully saturated rings. The largest absolute Gasteiger partial charge is 0.493 e. The number of carboxylic acids is 2. The summed E-state index contributed by atoms with van der Waals surface area (Å²) < 4.78 is 25.0. The Labute approximate surface area is 208 Å². The molecule has 2 aromatic rings. The van der Waals surface area contributed by atoms with E-state index in [-0.39, 0.29) is 17.2 Å². The third-order valence-electron chi connectivity index (χ3n) is 6.76. The van der Waals surface area contributed by atoms with E-state index >= 15 is 0 Å². The summed E-state index contributed by atoms with van der Waals surface area (Å²) >= 11 is 0. The average Bonchev–Trinajstić information content (AvgIpc) is 3.24. The van der Waals surface area contributed by atoms with Gasteiger partial charge in [-0.05, 0) is 62.5 Å². The second kappa shape index (κ2) is 11.0. The molecule has 2 heterocycles. The molecule has 36 heavy (non-hydrogen) atoms. The minimum Gasteiger partial charge on any atom is -0.493 e. The molecule has 0 saturated carbocycles. The van der Waals surface area contributed by atoms with Crippen molar-refractivity contribution in [1.29, 1.82) is 0 Å². The van der Waals surface area contributed by atoms with Crippen molar-refractivity contribution in [1.82, 2.24) is 10.4 Å². The van der Waals surface area contributed by atoms with Gasteiger partial charge in [-0.2, -0.15) is 0 Å². The van der Waals surface area contributed by atoms with E-state index in [4.69, 9.17) is 14.3 Å². The molecular weight excluding hydrogens is 471 g/mol. The molecule has 9 nitrogen and oxygen atoms in total. The standard InChI is InChI=1S/C26H29FN2O7/c1-34-21-5-2-3-6-22(21)35-14-4-11-29-12-9-17(10-13-29)26(20(25(32)33)16-24(30)31)19-8-7-18(27)15-23(19)36-28-26/h2-3,5-8,15-17,28H,4,9-14H2,1H3,(H,30,31)(H,32,33)/b20-16-. The van der Waals surface area contributed by atoms with Crippen molar-refractivity contribution >= 4 is 11.9 Å². The van der Waals surface area contributed by atoms with E-state index in [0.29, 0.717) is 55.7 Å². The van der Waals surface area contributed by atoms with E-state index in [1.807, 2.05) is 24.3 Å². The molecule has 0 bridgehead atoms. The van der Waals surface area contributed by atoms with Crippen LogP contribution in [0, 0.1) is 11.7 Å². The van der Waals surface area contributed by atoms with Gasteiger partial charge in [0, 0.05) is 24.3 Å². The first-order valence-corrected chi connectivity index (χ1v) is 11.8. The Balaban J connectivity index is 1.44. The van der Waals surface area contributed by atoms with Gasteiger partial charge in [0.25, 0.3) is 0 Å². The lowest BCUT2D eigenvalue weighted by Gasteiger charge is -2.42. The number of hydrogen-bond acceptors (Lipinski definition) is 7. The number of rotatable bonds is 10. The van der Waals surface area contributed by atoms with Crippen LogP contribution in [0.3, 0.4) is 0 Å². The maximum absolute atomic E-state index is 13.8. The molecule has 3 N–H and O–H groups in total. The van der Waals surface area contributed by atoms with E-state index in [1.54, 1.807) is 7.11 Å². The molecule has 1 saturated heterocycles. The van der Waals surface area contributed by atoms with Gasteiger partial charge in [-0.1, -0.05) is 12.1 Å². The first-order chi connectivity index (χ1) is 17.3. The summed E-state index contributed by atoms with van der Waals surface area (Å²) in [4.78, 5) is 31.5. The Bertz CT molecular complexity index is 1150. The number of nitrogens with one attached hydrogen (secondary N) is 1. The highest BCUT2D eigenvalue weighted by atomic mass is 19.1. The van der Waals surface area contributed by atoms with Crippen LogP contribution in [0.25, 0.3) is 0 Å². The summed E-state index contributed by atoms with van der Waals surface area (Å²) in [5.74, 6) is -2.04. The number of likely N-dealkylation sites (tertiary alicyclic amines) is 1. The lowest BCUT2D eigenvalue weighted by Crippen LogP contribution is -2.53. The van der Waals surface area contributed by atoms with E-state index in [0.717, 1.165) is 13.0 Å². The molecule has 1 atom stereocenters. The second-order valence-electron chi connectivity index (χ2n) is 8.82. The molecule has 192 valence electrons. The quantitative estimate of drug-likeness (QED) is 0.334. The molecule has 0 aliphatic carbocycles. The van der Waals surface area contributed by atoms with Gasteiger partial charge in [0.1, 0.15) is 11.4 Å². The minimum absolute atomic E-state index is 0.156. The highest BCUT2D eigenvalue weighted by molar-refractivity contribution is 5.97. The number of benzene rings is 2. The summed E-state index contributed by atoms with van der Waals surface area (Å²) in [5, 5.41) is 19.3. The fourth-order valence-electron chi connectivity index (χ4n) is 5.09. The first kappa shape index (κ1) is 25.5. The SMILES string of the molecule is COc1ccccc1OCCCN1CCC(C2(/C(=C\C(=O)O)C(=O)O)NOc3cc(F)ccc32)CC1. The number of aliphatic carboxylic acids is 2. The first-order valence-electron chi connectivity index (χ1n) is 11.8. The van der Waals surface area contributed by atoms with Gasteiger partial charge in [0.2, 0.25) is 0 Å². The molecule has 2 aliphatic heterocycles. The summed E-state index contributed by atoms with van der Waals surface area (Å²) in [5.41, 5.74) is 1.45. The van der Waals surface area contributed by atoms with Gasteiger partial charge in [-0.15, -0.1) is 5.48 Å². The van der Waals surface area contributed by atoms with Gasteiger partial charge in [0.05, 0.1) is 19.3 Å². The summed E-state index contributed by atoms with van der Waals surface area (Å²) in [6, 6.07) is 11.3. The van der Waals surface area contributed by atoms with Crippen molar-refractivity contribution in [3.63, 3.8) is 0 Å². The second-order valence-corrected chi connectivity index (χ2v) is 8.82. The number of halogens is 1. The topological polar surface area (TPSA) is 118 Å². The number of hydrogen-bond donors (Lipinski definition) is 3. The summed E-state index contributed by atoms with van der Waals surface area (Å²) in [6.45, 7) is 2.67. The van der Waals surface area contributed by atoms with Crippen LogP contribution in [0.1, 0.15) is 24.8 Å². The molecule has 0 amide bonds. The van der Waals surface area contributed by atoms with Crippen molar-refractivity contribution in [3.8, 4) is 17.2 Å². The zero-order chi connectivity index (χ0) is 25.7. The van der Waals surface area contributed by atoms with Crippen molar-refractivity contribution < 1.29 is 38.5 Å². The average molecular weight is 501 g/mol. The number of piperidine rings is 1. The monoisotopic (exact) mass is 500 g/mol. The Kier molecular flexibility index (Phi) is 7.76. The van der Waals surface area contributed by atoms with E-state index < -0.39 is 23.3 Å². The van der Waals surface area contributed by atoms with Crippen LogP contribution in [-0.4, -0.2) is 60.4 Å². The van der Waals surface area contributed by atoms with Gasteiger partial charge < -0.3 is 29.4 Å². The van der Waals surface area contributed by atoms with Gasteiger partial charge in [-0.3, -0.25) is 0 Å². The zero-order valence-corrected chi connectivity index (χ0v) is 19.9. The maximum Gasteiger partial charge on any atom is 0.334 e. The van der Waals surface area contributed by atoms with Crippen molar-refractivity contribution in [2.75, 3.05) is 33.4 Å². The Morgan fingerprint density at radius 1 is 1.19 bits per heavy atom. The van der Waals surface area contributed by atoms with Crippen molar-refractivity contribution in [2.45, 2.75) is 24.8 Å². The molecule has 0 aromatic heterocycles. The third-order valence-corrected chi connectivity index (χ3v) is 6.76. The minimum atomic E-state index is -1.41. The van der Waals surface area contributed by atoms with E-state index in [2.05, 4.69) is 10.4 Å². The van der Waals surface area contributed by atoms with Crippen LogP contribution in [0.5, 0.6) is 17.2 Å². The molecule has 10 heteroatoms. The van der Waals surface area contributed by atoms with Gasteiger partial charge in [0.15, 0.2) is 17.2 Å². The lowest BCUT2D eigenvalue weighted by atomic mass is 9.69. The number of hydroxylamine groups is 1. The number of fused-ring (bicyclic) bond motifs is 1. The van der Waals surface area contributed by atoms with Crippen molar-refractivity contribution in [2.24, 2.45) is 5.92 Å². The molecule has 1 unspecified atom stereocenters. The van der Waals surface area contributed by atoms with Crippen LogP contribution >= 0.6 is 0 Å². The van der Waals surface area contributed by atoms with Crippen LogP contribution in [0.15, 0.2) is 54.1 Å². The van der Waals surface area contributed by atoms with Gasteiger partial charge in [-0.25, -0.2) is 14.0 Å². The predicted octanol–water partition coefficient (Wildman–Crippen LogP) is 3.20. The number of para-hydroxylation sites is 2. The number of ether oxygens (including phenoxy) is 2. The normalized spacial score (nSPS) is 20.4. The number of carbonyl (C=O) groups is 2. The van der Waals surface area contributed by atoms with E-state index in [9.17, 15) is 24.2 Å². The smallest absolute Gasteiger partial charge is 0.334 e. The Morgan fingerprint density at radius 3 is 2.58 bits per heavy atom. The molecule has 2 aliphatic rings. The fraction of sp³-hybridized carbons (Fsp3) is 0.385. The van der Waals surface area contributed by atoms with Crippen LogP contribution in [0.2, 0.25) is 0 Å². The molecule has 0 radical (unpaired) electrons. The number of methoxy groups -OCH3 is 1. The van der Waals surface area contributed by atoms with Gasteiger partial charge >= 0.3 is 11.9 Å². The summed E-state index contributed by atoms with van der Waals surface area (Å²) in [6.07, 6.45) is 2.66. The highest BCUT2D eigenvalue weighted by Gasteiger charge is 2.53. The molecular formula is C26H29FN2O7. The van der Waals surface area contributed by atoms with Crippen molar-refractivity contribution in [3.05, 3.63) is 65.5 Å². The molecule has 2 aromatic carbocycles. The highest BCUT2D eigenvalue weighted by Crippen LogP contribution is 2.49. The summed E-state index contributed by atoms with van der Waals surface area (Å²) in [7, 11) is 1.60. The number of carboxylic acid groups (broad SMARTS) is 2. The third kappa shape index (κ3) is 5.14. The Hall–Kier alpha value is -3.63. The lowest BCUT2D eigenvalue weighted by molar-refractivity contribution is -0.136. The maximum atomic E-state index is 13.8. The van der Waals surface area contributed by atoms with Crippen LogP contribution < -0.4 is 19.8 Å². The predicted molar refractivity (Wildman–Crippen MR) is 127 cm³/mol. The molecule has 0 spiro atoms. The van der Waals surface area contributed by atoms with E-state index in [1.165, 1.54) is 18.2 Å². The number of nitrogens with zero attached hydrogens (tertiary/aromatic N) is 1. The zero-order valence-electron chi connectivity index (χ0n) is 19.9. The fourth-order valence-corrected chi connectivity index (χ4v) is 5.09. The van der Waals surface area contributed by atoms with Crippen LogP contribution in [-0.2, 0) is 15.1 Å². The van der Waals surface area contributed by atoms with Crippen LogP contribution in [0.4, 0.5) is 4.39 Å².